The average molecular weight is 273 g/mol. The van der Waals surface area contributed by atoms with Crippen LogP contribution in [0.25, 0.3) is 0 Å². The predicted molar refractivity (Wildman–Crippen MR) is 80.0 cm³/mol. The van der Waals surface area contributed by atoms with Crippen LogP contribution in [-0.2, 0) is 5.41 Å². The van der Waals surface area contributed by atoms with E-state index in [1.54, 1.807) is 6.07 Å². The lowest BCUT2D eigenvalue weighted by Crippen LogP contribution is -2.30. The van der Waals surface area contributed by atoms with Gasteiger partial charge in [-0.1, -0.05) is 47.6 Å². The Morgan fingerprint density at radius 2 is 1.80 bits per heavy atom. The van der Waals surface area contributed by atoms with Gasteiger partial charge in [-0.3, -0.25) is 4.79 Å². The highest BCUT2D eigenvalue weighted by molar-refractivity contribution is 5.79. The Hall–Kier alpha value is -1.82. The second-order valence-electron chi connectivity index (χ2n) is 7.11. The summed E-state index contributed by atoms with van der Waals surface area (Å²) in [4.78, 5) is 11.3. The maximum absolute atomic E-state index is 11.3. The number of nitriles is 1. The van der Waals surface area contributed by atoms with Crippen LogP contribution in [0.3, 0.4) is 0 Å². The number of nitrogens with zero attached hydrogens (tertiary/aromatic N) is 1. The summed E-state index contributed by atoms with van der Waals surface area (Å²) in [6.07, 6.45) is 0.184. The van der Waals surface area contributed by atoms with Crippen molar-refractivity contribution in [2.45, 2.75) is 53.1 Å². The van der Waals surface area contributed by atoms with Gasteiger partial charge in [0.15, 0.2) is 12.4 Å². The summed E-state index contributed by atoms with van der Waals surface area (Å²) in [5.74, 6) is 0.467. The molecule has 3 heteroatoms. The molecule has 0 N–H and O–H groups in total. The van der Waals surface area contributed by atoms with Gasteiger partial charge in [-0.15, -0.1) is 0 Å². The molecule has 0 radical (unpaired) electrons. The standard InChI is InChI=1S/C17H23NO2/c1-16(2,3)13-7-8-14(12(9-13)11-19)20-15(10-18)17(4,5)6/h7-9,11,15H,1-6H3. The molecule has 20 heavy (non-hydrogen) atoms. The van der Waals surface area contributed by atoms with Crippen molar-refractivity contribution >= 4 is 6.29 Å². The molecule has 1 unspecified atom stereocenters. The van der Waals surface area contributed by atoms with Gasteiger partial charge in [0.25, 0.3) is 0 Å². The van der Waals surface area contributed by atoms with Gasteiger partial charge in [-0.25, -0.2) is 0 Å². The van der Waals surface area contributed by atoms with Gasteiger partial charge in [0.1, 0.15) is 11.8 Å². The molecule has 0 heterocycles. The van der Waals surface area contributed by atoms with E-state index in [4.69, 9.17) is 4.74 Å². The summed E-state index contributed by atoms with van der Waals surface area (Å²) in [5, 5.41) is 9.21. The molecule has 1 rings (SSSR count). The summed E-state index contributed by atoms with van der Waals surface area (Å²) in [6.45, 7) is 12.1. The van der Waals surface area contributed by atoms with Crippen LogP contribution in [0, 0.1) is 16.7 Å². The van der Waals surface area contributed by atoms with E-state index in [1.807, 2.05) is 32.9 Å². The highest BCUT2D eigenvalue weighted by Crippen LogP contribution is 2.30. The van der Waals surface area contributed by atoms with Crippen LogP contribution in [0.1, 0.15) is 57.5 Å². The first-order valence-electron chi connectivity index (χ1n) is 6.75. The minimum Gasteiger partial charge on any atom is -0.474 e. The van der Waals surface area contributed by atoms with E-state index in [1.165, 1.54) is 0 Å². The summed E-state index contributed by atoms with van der Waals surface area (Å²) in [5.41, 5.74) is 1.21. The number of carbonyl (C=O) groups excluding carboxylic acids is 1. The predicted octanol–water partition coefficient (Wildman–Crippen LogP) is 4.11. The van der Waals surface area contributed by atoms with Gasteiger partial charge in [-0.05, 0) is 23.1 Å². The molecule has 0 aromatic heterocycles. The second kappa shape index (κ2) is 5.66. The zero-order valence-corrected chi connectivity index (χ0v) is 13.2. The average Bonchev–Trinajstić information content (AvgIpc) is 2.33. The normalized spacial score (nSPS) is 13.4. The van der Waals surface area contributed by atoms with E-state index in [9.17, 15) is 10.1 Å². The van der Waals surface area contributed by atoms with Crippen molar-refractivity contribution in [1.82, 2.24) is 0 Å². The molecule has 1 atom stereocenters. The minimum atomic E-state index is -0.596. The Bertz CT molecular complexity index is 527. The highest BCUT2D eigenvalue weighted by Gasteiger charge is 2.27. The van der Waals surface area contributed by atoms with Crippen LogP contribution < -0.4 is 4.74 Å². The molecule has 0 spiro atoms. The van der Waals surface area contributed by atoms with E-state index < -0.39 is 6.10 Å². The van der Waals surface area contributed by atoms with Crippen molar-refractivity contribution in [3.05, 3.63) is 29.3 Å². The van der Waals surface area contributed by atoms with Crippen molar-refractivity contribution in [1.29, 1.82) is 5.26 Å². The quantitative estimate of drug-likeness (QED) is 0.778. The maximum atomic E-state index is 11.3. The van der Waals surface area contributed by atoms with Gasteiger partial charge in [-0.2, -0.15) is 5.26 Å². The van der Waals surface area contributed by atoms with Crippen molar-refractivity contribution in [2.75, 3.05) is 0 Å². The van der Waals surface area contributed by atoms with Crippen molar-refractivity contribution in [3.63, 3.8) is 0 Å². The fraction of sp³-hybridized carbons (Fsp3) is 0.529. The summed E-state index contributed by atoms with van der Waals surface area (Å²) in [6, 6.07) is 7.70. The summed E-state index contributed by atoms with van der Waals surface area (Å²) in [7, 11) is 0. The smallest absolute Gasteiger partial charge is 0.189 e. The topological polar surface area (TPSA) is 50.1 Å². The zero-order valence-electron chi connectivity index (χ0n) is 13.2. The Kier molecular flexibility index (Phi) is 4.60. The molecule has 3 nitrogen and oxygen atoms in total. The highest BCUT2D eigenvalue weighted by atomic mass is 16.5. The second-order valence-corrected chi connectivity index (χ2v) is 7.11. The zero-order chi connectivity index (χ0) is 15.6. The molecule has 0 saturated heterocycles. The molecule has 0 amide bonds. The maximum Gasteiger partial charge on any atom is 0.189 e. The van der Waals surface area contributed by atoms with Crippen LogP contribution >= 0.6 is 0 Å². The summed E-state index contributed by atoms with van der Waals surface area (Å²) >= 11 is 0. The van der Waals surface area contributed by atoms with E-state index in [0.29, 0.717) is 11.3 Å². The van der Waals surface area contributed by atoms with Crippen LogP contribution in [0.15, 0.2) is 18.2 Å². The van der Waals surface area contributed by atoms with E-state index in [2.05, 4.69) is 26.8 Å². The lowest BCUT2D eigenvalue weighted by molar-refractivity contribution is 0.110. The Morgan fingerprint density at radius 1 is 1.20 bits per heavy atom. The molecule has 1 aromatic carbocycles. The molecule has 0 aliphatic carbocycles. The lowest BCUT2D eigenvalue weighted by Gasteiger charge is -2.26. The lowest BCUT2D eigenvalue weighted by atomic mass is 9.86. The minimum absolute atomic E-state index is 0.0328. The van der Waals surface area contributed by atoms with Gasteiger partial charge in [0.2, 0.25) is 0 Å². The molecule has 108 valence electrons. The van der Waals surface area contributed by atoms with Crippen molar-refractivity contribution in [2.24, 2.45) is 5.41 Å². The SMILES string of the molecule is CC(C)(C)c1ccc(OC(C#N)C(C)(C)C)c(C=O)c1. The third-order valence-electron chi connectivity index (χ3n) is 3.15. The number of rotatable bonds is 3. The number of benzene rings is 1. The number of ether oxygens (including phenoxy) is 1. The first kappa shape index (κ1) is 16.2. The Labute approximate surface area is 121 Å². The third-order valence-corrected chi connectivity index (χ3v) is 3.15. The Morgan fingerprint density at radius 3 is 2.20 bits per heavy atom. The molecule has 0 aliphatic rings. The number of hydrogen-bond donors (Lipinski definition) is 0. The molecule has 0 bridgehead atoms. The van der Waals surface area contributed by atoms with Crippen LogP contribution in [0.4, 0.5) is 0 Å². The molecular formula is C17H23NO2. The van der Waals surface area contributed by atoms with Crippen LogP contribution in [0.2, 0.25) is 0 Å². The van der Waals surface area contributed by atoms with E-state index >= 15 is 0 Å². The van der Waals surface area contributed by atoms with Gasteiger partial charge in [0, 0.05) is 5.41 Å². The van der Waals surface area contributed by atoms with Crippen molar-refractivity contribution in [3.8, 4) is 11.8 Å². The number of aldehydes is 1. The van der Waals surface area contributed by atoms with E-state index in [-0.39, 0.29) is 10.8 Å². The fourth-order valence-electron chi connectivity index (χ4n) is 1.74. The largest absolute Gasteiger partial charge is 0.474 e. The third kappa shape index (κ3) is 3.84. The fourth-order valence-corrected chi connectivity index (χ4v) is 1.74. The first-order valence-corrected chi connectivity index (χ1v) is 6.75. The molecule has 1 aromatic rings. The number of carbonyl (C=O) groups is 1. The van der Waals surface area contributed by atoms with Crippen molar-refractivity contribution < 1.29 is 9.53 Å². The number of hydrogen-bond acceptors (Lipinski definition) is 3. The molecule has 0 fully saturated rings. The molecule has 0 aliphatic heterocycles. The Balaban J connectivity index is 3.15. The molecular weight excluding hydrogens is 250 g/mol. The van der Waals surface area contributed by atoms with Gasteiger partial charge < -0.3 is 4.74 Å². The summed E-state index contributed by atoms with van der Waals surface area (Å²) < 4.78 is 5.73. The van der Waals surface area contributed by atoms with E-state index in [0.717, 1.165) is 11.8 Å². The van der Waals surface area contributed by atoms with Crippen LogP contribution in [0.5, 0.6) is 5.75 Å². The van der Waals surface area contributed by atoms with Crippen LogP contribution in [-0.4, -0.2) is 12.4 Å². The first-order chi connectivity index (χ1) is 9.09. The van der Waals surface area contributed by atoms with Gasteiger partial charge >= 0.3 is 0 Å². The van der Waals surface area contributed by atoms with Gasteiger partial charge in [0.05, 0.1) is 5.56 Å². The molecule has 0 saturated carbocycles. The monoisotopic (exact) mass is 273 g/mol.